The first-order valence-electron chi connectivity index (χ1n) is 5.88. The molecule has 0 fully saturated rings. The van der Waals surface area contributed by atoms with Gasteiger partial charge in [-0.1, -0.05) is 41.9 Å². The fourth-order valence-electron chi connectivity index (χ4n) is 1.67. The summed E-state index contributed by atoms with van der Waals surface area (Å²) in [7, 11) is 0. The van der Waals surface area contributed by atoms with Gasteiger partial charge < -0.3 is 4.74 Å². The minimum Gasteiger partial charge on any atom is -0.374 e. The van der Waals surface area contributed by atoms with Crippen molar-refractivity contribution in [2.75, 3.05) is 6.61 Å². The molecule has 0 saturated heterocycles. The molecule has 0 unspecified atom stereocenters. The molecule has 3 nitrogen and oxygen atoms in total. The van der Waals surface area contributed by atoms with E-state index >= 15 is 0 Å². The number of halogens is 1. The van der Waals surface area contributed by atoms with Crippen molar-refractivity contribution in [1.82, 2.24) is 9.97 Å². The summed E-state index contributed by atoms with van der Waals surface area (Å²) in [6, 6.07) is 9.95. The van der Waals surface area contributed by atoms with Crippen molar-refractivity contribution in [3.8, 4) is 11.3 Å². The molecular formula is C14H15ClN2O. The topological polar surface area (TPSA) is 35.0 Å². The van der Waals surface area contributed by atoms with Crippen LogP contribution in [0.1, 0.15) is 18.3 Å². The maximum absolute atomic E-state index is 6.14. The summed E-state index contributed by atoms with van der Waals surface area (Å²) in [5.41, 5.74) is 2.80. The average molecular weight is 263 g/mol. The average Bonchev–Trinajstić information content (AvgIpc) is 2.41. The van der Waals surface area contributed by atoms with Crippen molar-refractivity contribution in [2.24, 2.45) is 0 Å². The summed E-state index contributed by atoms with van der Waals surface area (Å²) in [5.74, 6) is 0.617. The third-order valence-corrected chi connectivity index (χ3v) is 2.98. The molecule has 0 radical (unpaired) electrons. The molecule has 94 valence electrons. The molecule has 0 spiro atoms. The Bertz CT molecular complexity index is 529. The van der Waals surface area contributed by atoms with E-state index in [1.54, 1.807) is 0 Å². The van der Waals surface area contributed by atoms with Crippen molar-refractivity contribution in [1.29, 1.82) is 0 Å². The van der Waals surface area contributed by atoms with Gasteiger partial charge in [-0.15, -0.1) is 0 Å². The highest BCUT2D eigenvalue weighted by molar-refractivity contribution is 6.30. The van der Waals surface area contributed by atoms with Gasteiger partial charge in [-0.3, -0.25) is 0 Å². The van der Waals surface area contributed by atoms with Crippen molar-refractivity contribution in [3.05, 3.63) is 46.9 Å². The van der Waals surface area contributed by atoms with Crippen LogP contribution in [0.25, 0.3) is 11.3 Å². The number of hydrogen-bond donors (Lipinski definition) is 0. The van der Waals surface area contributed by atoms with Gasteiger partial charge in [-0.25, -0.2) is 9.97 Å². The first-order valence-corrected chi connectivity index (χ1v) is 6.26. The smallest absolute Gasteiger partial charge is 0.156 e. The molecule has 2 rings (SSSR count). The van der Waals surface area contributed by atoms with Crippen molar-refractivity contribution < 1.29 is 4.74 Å². The number of nitrogens with zero attached hydrogens (tertiary/aromatic N) is 2. The monoisotopic (exact) mass is 262 g/mol. The third kappa shape index (κ3) is 2.86. The highest BCUT2D eigenvalue weighted by Gasteiger charge is 2.10. The van der Waals surface area contributed by atoms with Crippen LogP contribution in [-0.4, -0.2) is 16.6 Å². The van der Waals surface area contributed by atoms with Crippen molar-refractivity contribution >= 4 is 11.6 Å². The maximum atomic E-state index is 6.14. The summed E-state index contributed by atoms with van der Waals surface area (Å²) in [6.45, 7) is 4.88. The molecule has 0 aliphatic carbocycles. The molecule has 0 atom stereocenters. The second kappa shape index (κ2) is 5.94. The van der Waals surface area contributed by atoms with Crippen LogP contribution in [0.3, 0.4) is 0 Å². The van der Waals surface area contributed by atoms with Crippen LogP contribution in [0.4, 0.5) is 0 Å². The fraction of sp³-hybridized carbons (Fsp3) is 0.286. The molecule has 4 heteroatoms. The normalized spacial score (nSPS) is 10.6. The van der Waals surface area contributed by atoms with E-state index in [0.29, 0.717) is 24.2 Å². The van der Waals surface area contributed by atoms with Crippen LogP contribution in [0.5, 0.6) is 0 Å². The van der Waals surface area contributed by atoms with E-state index in [1.807, 2.05) is 44.2 Å². The van der Waals surface area contributed by atoms with E-state index in [-0.39, 0.29) is 0 Å². The Hall–Kier alpha value is -1.45. The summed E-state index contributed by atoms with van der Waals surface area (Å²) in [6.07, 6.45) is 0. The van der Waals surface area contributed by atoms with E-state index in [9.17, 15) is 0 Å². The van der Waals surface area contributed by atoms with Gasteiger partial charge in [0.1, 0.15) is 11.8 Å². The predicted octanol–water partition coefficient (Wildman–Crippen LogP) is 3.64. The molecule has 0 saturated carbocycles. The van der Waals surface area contributed by atoms with E-state index in [2.05, 4.69) is 9.97 Å². The number of benzene rings is 1. The molecule has 0 amide bonds. The standard InChI is InChI=1S/C14H15ClN2O/c1-3-18-9-12-16-13(10(2)14(15)17-12)11-7-5-4-6-8-11/h4-8H,3,9H2,1-2H3. The number of rotatable bonds is 4. The Morgan fingerprint density at radius 3 is 2.56 bits per heavy atom. The lowest BCUT2D eigenvalue weighted by Crippen LogP contribution is -2.03. The van der Waals surface area contributed by atoms with Gasteiger partial charge in [0.25, 0.3) is 0 Å². The van der Waals surface area contributed by atoms with Crippen LogP contribution < -0.4 is 0 Å². The first kappa shape index (κ1) is 13.0. The van der Waals surface area contributed by atoms with Gasteiger partial charge in [-0.05, 0) is 13.8 Å². The van der Waals surface area contributed by atoms with E-state index in [0.717, 1.165) is 16.8 Å². The van der Waals surface area contributed by atoms with Gasteiger partial charge in [0, 0.05) is 17.7 Å². The molecule has 1 aromatic carbocycles. The van der Waals surface area contributed by atoms with Gasteiger partial charge in [0.05, 0.1) is 5.69 Å². The van der Waals surface area contributed by atoms with Crippen molar-refractivity contribution in [3.63, 3.8) is 0 Å². The van der Waals surface area contributed by atoms with Crippen LogP contribution in [0.15, 0.2) is 30.3 Å². The van der Waals surface area contributed by atoms with Gasteiger partial charge in [0.2, 0.25) is 0 Å². The molecule has 2 aromatic rings. The van der Waals surface area contributed by atoms with Crippen LogP contribution in [0, 0.1) is 6.92 Å². The quantitative estimate of drug-likeness (QED) is 0.789. The molecule has 0 aliphatic rings. The molecular weight excluding hydrogens is 248 g/mol. The van der Waals surface area contributed by atoms with Crippen LogP contribution in [0.2, 0.25) is 5.15 Å². The van der Waals surface area contributed by atoms with Crippen LogP contribution >= 0.6 is 11.6 Å². The molecule has 0 aliphatic heterocycles. The number of hydrogen-bond acceptors (Lipinski definition) is 3. The molecule has 1 aromatic heterocycles. The number of aromatic nitrogens is 2. The van der Waals surface area contributed by atoms with Gasteiger partial charge in [-0.2, -0.15) is 0 Å². The number of ether oxygens (including phenoxy) is 1. The SMILES string of the molecule is CCOCc1nc(Cl)c(C)c(-c2ccccc2)n1. The predicted molar refractivity (Wildman–Crippen MR) is 72.5 cm³/mol. The zero-order valence-corrected chi connectivity index (χ0v) is 11.2. The Morgan fingerprint density at radius 2 is 1.89 bits per heavy atom. The Kier molecular flexibility index (Phi) is 4.28. The van der Waals surface area contributed by atoms with E-state index in [4.69, 9.17) is 16.3 Å². The summed E-state index contributed by atoms with van der Waals surface area (Å²) < 4.78 is 5.32. The van der Waals surface area contributed by atoms with Crippen LogP contribution in [-0.2, 0) is 11.3 Å². The summed E-state index contributed by atoms with van der Waals surface area (Å²) in [5, 5.41) is 0.485. The maximum Gasteiger partial charge on any atom is 0.156 e. The second-order valence-electron chi connectivity index (χ2n) is 3.91. The Balaban J connectivity index is 2.43. The second-order valence-corrected chi connectivity index (χ2v) is 4.27. The van der Waals surface area contributed by atoms with E-state index < -0.39 is 0 Å². The molecule has 0 N–H and O–H groups in total. The zero-order chi connectivity index (χ0) is 13.0. The summed E-state index contributed by atoms with van der Waals surface area (Å²) in [4.78, 5) is 8.75. The molecule has 0 bridgehead atoms. The lowest BCUT2D eigenvalue weighted by Gasteiger charge is -2.09. The molecule has 18 heavy (non-hydrogen) atoms. The highest BCUT2D eigenvalue weighted by atomic mass is 35.5. The largest absolute Gasteiger partial charge is 0.374 e. The van der Waals surface area contributed by atoms with Crippen molar-refractivity contribution in [2.45, 2.75) is 20.5 Å². The zero-order valence-electron chi connectivity index (χ0n) is 10.5. The minimum absolute atomic E-state index is 0.385. The third-order valence-electron chi connectivity index (χ3n) is 2.62. The lowest BCUT2D eigenvalue weighted by molar-refractivity contribution is 0.128. The Labute approximate surface area is 112 Å². The van der Waals surface area contributed by atoms with Gasteiger partial charge in [0.15, 0.2) is 5.82 Å². The molecule has 1 heterocycles. The summed E-state index contributed by atoms with van der Waals surface area (Å²) >= 11 is 6.14. The highest BCUT2D eigenvalue weighted by Crippen LogP contribution is 2.25. The fourth-order valence-corrected chi connectivity index (χ4v) is 1.85. The van der Waals surface area contributed by atoms with Gasteiger partial charge >= 0.3 is 0 Å². The minimum atomic E-state index is 0.385. The first-order chi connectivity index (χ1) is 8.72. The lowest BCUT2D eigenvalue weighted by atomic mass is 10.1. The van der Waals surface area contributed by atoms with E-state index in [1.165, 1.54) is 0 Å². The Morgan fingerprint density at radius 1 is 1.17 bits per heavy atom.